The molecular formula is C40H53F3IrNO2SSi-. The van der Waals surface area contributed by atoms with E-state index < -0.39 is 20.7 Å². The topological polar surface area (TPSA) is 50.2 Å². The molecule has 0 saturated heterocycles. The molecule has 0 saturated carbocycles. The van der Waals surface area contributed by atoms with Crippen LogP contribution in [-0.2, 0) is 30.3 Å². The molecule has 0 aliphatic carbocycles. The first kappa shape index (κ1) is 42.8. The van der Waals surface area contributed by atoms with Gasteiger partial charge in [-0.2, -0.15) is 24.5 Å². The molecule has 0 fully saturated rings. The molecule has 2 aromatic carbocycles. The third-order valence-electron chi connectivity index (χ3n) is 9.42. The van der Waals surface area contributed by atoms with Crippen molar-refractivity contribution in [1.82, 2.24) is 4.98 Å². The summed E-state index contributed by atoms with van der Waals surface area (Å²) in [6.45, 7) is 20.8. The molecule has 0 unspecified atom stereocenters. The van der Waals surface area contributed by atoms with Gasteiger partial charge in [-0.25, -0.2) is 0 Å². The van der Waals surface area contributed by atoms with E-state index in [0.29, 0.717) is 0 Å². The quantitative estimate of drug-likeness (QED) is 0.0706. The fourth-order valence-corrected chi connectivity index (χ4v) is 11.4. The zero-order valence-corrected chi connectivity index (χ0v) is 34.9. The van der Waals surface area contributed by atoms with E-state index in [1.807, 2.05) is 72.1 Å². The number of aryl methyl sites for hydroxylation is 1. The van der Waals surface area contributed by atoms with E-state index >= 15 is 0 Å². The Hall–Kier alpha value is -2.32. The van der Waals surface area contributed by atoms with Crippen molar-refractivity contribution in [1.29, 1.82) is 0 Å². The van der Waals surface area contributed by atoms with Crippen LogP contribution in [0.2, 0.25) is 19.1 Å². The van der Waals surface area contributed by atoms with Crippen LogP contribution in [0.4, 0.5) is 13.2 Å². The zero-order chi connectivity index (χ0) is 36.0. The third-order valence-corrected chi connectivity index (χ3v) is 15.6. The number of aromatic nitrogens is 1. The second-order valence-electron chi connectivity index (χ2n) is 14.5. The first-order valence-corrected chi connectivity index (χ1v) is 21.3. The predicted molar refractivity (Wildman–Crippen MR) is 201 cm³/mol. The normalized spacial score (nSPS) is 12.8. The van der Waals surface area contributed by atoms with E-state index in [9.17, 15) is 23.1 Å². The molecule has 0 atom stereocenters. The van der Waals surface area contributed by atoms with E-state index in [1.165, 1.54) is 17.0 Å². The Kier molecular flexibility index (Phi) is 15.5. The van der Waals surface area contributed by atoms with E-state index in [1.54, 1.807) is 11.3 Å². The predicted octanol–water partition coefficient (Wildman–Crippen LogP) is 12.3. The van der Waals surface area contributed by atoms with Crippen molar-refractivity contribution >= 4 is 50.6 Å². The van der Waals surface area contributed by atoms with Gasteiger partial charge in [-0.05, 0) is 65.6 Å². The number of aliphatic hydroxyl groups excluding tert-OH is 1. The summed E-state index contributed by atoms with van der Waals surface area (Å²) < 4.78 is 41.1. The monoisotopic (exact) mass is 889 g/mol. The molecule has 1 radical (unpaired) electrons. The number of pyridine rings is 1. The Balaban J connectivity index is 0.000000444. The van der Waals surface area contributed by atoms with Crippen molar-refractivity contribution in [3.8, 4) is 11.3 Å². The average molecular weight is 889 g/mol. The van der Waals surface area contributed by atoms with Gasteiger partial charge in [0, 0.05) is 61.0 Å². The molecule has 3 nitrogen and oxygen atoms in total. The molecule has 4 rings (SSSR count). The average Bonchev–Trinajstić information content (AvgIpc) is 3.37. The molecule has 9 heteroatoms. The summed E-state index contributed by atoms with van der Waals surface area (Å²) in [7, 11) is -2.26. The SMILES string of the molecule is CCC(CC)C(=O)/C=C(\O)C(CC)CC.Cc1c([Si](C)(C)CCC(F)(F)F)sc2c(-c3[c-]c4ccccc4c(C(C)(C)C)c3)nccc12.[Ir]. The summed E-state index contributed by atoms with van der Waals surface area (Å²) in [5, 5.41) is 13.1. The van der Waals surface area contributed by atoms with Gasteiger partial charge in [0.1, 0.15) is 0 Å². The second-order valence-corrected chi connectivity index (χ2v) is 20.6. The summed E-state index contributed by atoms with van der Waals surface area (Å²) in [5.74, 6) is 0.547. The van der Waals surface area contributed by atoms with Crippen molar-refractivity contribution in [3.63, 3.8) is 0 Å². The number of nitrogens with zero attached hydrogens (tertiary/aromatic N) is 1. The van der Waals surface area contributed by atoms with Gasteiger partial charge >= 0.3 is 6.18 Å². The number of thiophene rings is 1. The number of benzene rings is 2. The standard InChI is InChI=1S/C27H29F3NSSi.C13H24O2.Ir/c1-17-20-11-13-31-23(24(20)32-25(17)33(5,6)14-12-27(28,29)30)19-15-18-9-7-8-10-21(18)22(16-19)26(2,3)4;1-5-10(6-2)12(14)9-13(15)11(7-3)8-4;/h7-11,13,16H,12,14H2,1-6H3;9-11,14H,5-8H2,1-4H3;/q-1;;/b;12-9-;. The number of hydrogen-bond acceptors (Lipinski definition) is 4. The van der Waals surface area contributed by atoms with Gasteiger partial charge in [-0.15, -0.1) is 29.1 Å². The smallest absolute Gasteiger partial charge is 0.388 e. The number of rotatable bonds is 11. The van der Waals surface area contributed by atoms with Crippen LogP contribution in [0.15, 0.2) is 54.4 Å². The number of halogens is 3. The van der Waals surface area contributed by atoms with Crippen molar-refractivity contribution in [2.75, 3.05) is 0 Å². The minimum Gasteiger partial charge on any atom is -0.512 e. The Bertz CT molecular complexity index is 1730. The van der Waals surface area contributed by atoms with Crippen LogP contribution in [0.3, 0.4) is 0 Å². The van der Waals surface area contributed by atoms with Crippen molar-refractivity contribution in [2.45, 2.75) is 118 Å². The molecule has 0 aliphatic rings. The van der Waals surface area contributed by atoms with Gasteiger partial charge < -0.3 is 5.11 Å². The van der Waals surface area contributed by atoms with Crippen LogP contribution in [0.25, 0.3) is 32.1 Å². The number of fused-ring (bicyclic) bond motifs is 2. The molecule has 2 aromatic heterocycles. The van der Waals surface area contributed by atoms with E-state index in [4.69, 9.17) is 4.98 Å². The maximum absolute atomic E-state index is 13.0. The fourth-order valence-electron chi connectivity index (χ4n) is 6.31. The summed E-state index contributed by atoms with van der Waals surface area (Å²) in [6, 6.07) is 16.2. The largest absolute Gasteiger partial charge is 0.512 e. The molecule has 49 heavy (non-hydrogen) atoms. The Morgan fingerprint density at radius 2 is 1.57 bits per heavy atom. The second kappa shape index (κ2) is 17.7. The molecule has 0 spiro atoms. The molecule has 0 bridgehead atoms. The molecule has 0 aliphatic heterocycles. The van der Waals surface area contributed by atoms with Gasteiger partial charge in [0.25, 0.3) is 0 Å². The van der Waals surface area contributed by atoms with Gasteiger partial charge in [0.2, 0.25) is 0 Å². The van der Waals surface area contributed by atoms with Gasteiger partial charge in [0.15, 0.2) is 5.78 Å². The van der Waals surface area contributed by atoms with Crippen LogP contribution in [0.1, 0.15) is 91.7 Å². The molecule has 271 valence electrons. The first-order valence-electron chi connectivity index (χ1n) is 17.2. The minimum atomic E-state index is -4.12. The van der Waals surface area contributed by atoms with Crippen molar-refractivity contribution in [3.05, 3.63) is 71.6 Å². The van der Waals surface area contributed by atoms with Crippen molar-refractivity contribution in [2.24, 2.45) is 11.8 Å². The molecular weight excluding hydrogens is 836 g/mol. The maximum atomic E-state index is 13.0. The number of carbonyl (C=O) groups is 1. The van der Waals surface area contributed by atoms with Gasteiger partial charge in [0.05, 0.1) is 13.8 Å². The molecule has 0 amide bonds. The zero-order valence-electron chi connectivity index (χ0n) is 30.7. The Morgan fingerprint density at radius 3 is 2.12 bits per heavy atom. The molecule has 1 N–H and O–H groups in total. The molecule has 4 aromatic rings. The van der Waals surface area contributed by atoms with Gasteiger partial charge in [-0.3, -0.25) is 9.78 Å². The number of ketones is 1. The third kappa shape index (κ3) is 10.8. The van der Waals surface area contributed by atoms with Crippen molar-refractivity contribution < 1.29 is 43.2 Å². The van der Waals surface area contributed by atoms with E-state index in [2.05, 4.69) is 45.0 Å². The van der Waals surface area contributed by atoms with Crippen LogP contribution < -0.4 is 4.50 Å². The summed E-state index contributed by atoms with van der Waals surface area (Å²) >= 11 is 1.63. The summed E-state index contributed by atoms with van der Waals surface area (Å²) in [4.78, 5) is 16.5. The number of allylic oxidation sites excluding steroid dienone is 2. The van der Waals surface area contributed by atoms with E-state index in [0.717, 1.165) is 62.5 Å². The van der Waals surface area contributed by atoms with Crippen LogP contribution in [0.5, 0.6) is 0 Å². The van der Waals surface area contributed by atoms with Gasteiger partial charge in [-0.1, -0.05) is 90.7 Å². The number of carbonyl (C=O) groups excluding carboxylic acids is 1. The first-order chi connectivity index (χ1) is 22.4. The maximum Gasteiger partial charge on any atom is 0.388 e. The van der Waals surface area contributed by atoms with Crippen LogP contribution in [0, 0.1) is 24.8 Å². The number of aliphatic hydroxyl groups is 1. The van der Waals surface area contributed by atoms with Crippen LogP contribution in [-0.4, -0.2) is 30.1 Å². The molecule has 2 heterocycles. The van der Waals surface area contributed by atoms with Crippen LogP contribution >= 0.6 is 11.3 Å². The summed E-state index contributed by atoms with van der Waals surface area (Å²) in [6.07, 6.45) is 1.87. The number of hydrogen-bond donors (Lipinski definition) is 1. The van der Waals surface area contributed by atoms with E-state index in [-0.39, 0.29) is 54.9 Å². The fraction of sp³-hybridized carbons (Fsp3) is 0.500. The Labute approximate surface area is 310 Å². The summed E-state index contributed by atoms with van der Waals surface area (Å²) in [5.41, 5.74) is 4.09. The Morgan fingerprint density at radius 1 is 0.980 bits per heavy atom. The number of alkyl halides is 3. The minimum absolute atomic E-state index is 0.